The number of rotatable bonds is 5. The van der Waals surface area contributed by atoms with Gasteiger partial charge in [-0.3, -0.25) is 0 Å². The highest BCUT2D eigenvalue weighted by Gasteiger charge is 1.98. The van der Waals surface area contributed by atoms with Gasteiger partial charge in [0.05, 0.1) is 0 Å². The second-order valence-corrected chi connectivity index (χ2v) is 2.40. The monoisotopic (exact) mass is 132 g/mol. The van der Waals surface area contributed by atoms with Gasteiger partial charge in [0.15, 0.2) is 0 Å². The van der Waals surface area contributed by atoms with Crippen molar-refractivity contribution in [1.29, 1.82) is 0 Å². The highest BCUT2D eigenvalue weighted by Crippen LogP contribution is 2.05. The highest BCUT2D eigenvalue weighted by molar-refractivity contribution is 4.50. The van der Waals surface area contributed by atoms with Crippen LogP contribution in [0.3, 0.4) is 0 Å². The van der Waals surface area contributed by atoms with Gasteiger partial charge in [0.25, 0.3) is 0 Å². The van der Waals surface area contributed by atoms with E-state index in [0.717, 1.165) is 19.4 Å². The van der Waals surface area contributed by atoms with Gasteiger partial charge >= 0.3 is 0 Å². The zero-order chi connectivity index (χ0) is 7.11. The molecule has 0 aliphatic heterocycles. The van der Waals surface area contributed by atoms with E-state index in [1.165, 1.54) is 0 Å². The third kappa shape index (κ3) is 5.80. The van der Waals surface area contributed by atoms with Crippen LogP contribution >= 0.6 is 0 Å². The molecular weight excluding hydrogens is 116 g/mol. The van der Waals surface area contributed by atoms with Crippen molar-refractivity contribution in [3.63, 3.8) is 0 Å². The van der Waals surface area contributed by atoms with Crippen LogP contribution in [0.15, 0.2) is 0 Å². The van der Waals surface area contributed by atoms with Crippen molar-refractivity contribution in [2.24, 2.45) is 5.92 Å². The minimum atomic E-state index is 0.297. The number of hydrogen-bond acceptors (Lipinski definition) is 2. The van der Waals surface area contributed by atoms with Crippen LogP contribution in [-0.2, 0) is 4.74 Å². The van der Waals surface area contributed by atoms with Gasteiger partial charge in [-0.05, 0) is 18.8 Å². The summed E-state index contributed by atoms with van der Waals surface area (Å²) in [4.78, 5) is 0. The first kappa shape index (κ1) is 8.92. The fourth-order valence-corrected chi connectivity index (χ4v) is 0.684. The van der Waals surface area contributed by atoms with Gasteiger partial charge in [0.2, 0.25) is 0 Å². The topological polar surface area (TPSA) is 29.5 Å². The van der Waals surface area contributed by atoms with E-state index in [2.05, 4.69) is 6.92 Å². The van der Waals surface area contributed by atoms with Crippen molar-refractivity contribution >= 4 is 0 Å². The first-order chi connectivity index (χ1) is 4.31. The van der Waals surface area contributed by atoms with E-state index in [0.29, 0.717) is 12.5 Å². The van der Waals surface area contributed by atoms with Gasteiger partial charge in [0, 0.05) is 20.3 Å². The smallest absolute Gasteiger partial charge is 0.0464 e. The molecule has 0 radical (unpaired) electrons. The molecule has 1 unspecified atom stereocenters. The lowest BCUT2D eigenvalue weighted by Crippen LogP contribution is -2.01. The minimum Gasteiger partial charge on any atom is -0.396 e. The number of aliphatic hydroxyl groups excluding tert-OH is 1. The largest absolute Gasteiger partial charge is 0.396 e. The second-order valence-electron chi connectivity index (χ2n) is 2.40. The lowest BCUT2D eigenvalue weighted by Gasteiger charge is -2.06. The Morgan fingerprint density at radius 1 is 1.44 bits per heavy atom. The van der Waals surface area contributed by atoms with E-state index in [1.54, 1.807) is 7.11 Å². The number of methoxy groups -OCH3 is 1. The van der Waals surface area contributed by atoms with Crippen LogP contribution in [0.1, 0.15) is 19.8 Å². The standard InChI is InChI=1S/C7H16O2/c1-7(3-5-8)4-6-9-2/h7-8H,3-6H2,1-2H3. The fourth-order valence-electron chi connectivity index (χ4n) is 0.684. The summed E-state index contributed by atoms with van der Waals surface area (Å²) in [6, 6.07) is 0. The fraction of sp³-hybridized carbons (Fsp3) is 1.00. The molecule has 0 amide bonds. The SMILES string of the molecule is COCCC(C)CCO. The molecule has 0 fully saturated rings. The molecule has 56 valence electrons. The van der Waals surface area contributed by atoms with Gasteiger partial charge in [-0.15, -0.1) is 0 Å². The maximum absolute atomic E-state index is 8.50. The van der Waals surface area contributed by atoms with Crippen LogP contribution in [0.5, 0.6) is 0 Å². The van der Waals surface area contributed by atoms with Crippen LogP contribution in [-0.4, -0.2) is 25.4 Å². The Bertz CT molecular complexity index is 54.9. The zero-order valence-corrected chi connectivity index (χ0v) is 6.26. The molecule has 0 aromatic rings. The number of aliphatic hydroxyl groups is 1. The van der Waals surface area contributed by atoms with Crippen molar-refractivity contribution in [2.45, 2.75) is 19.8 Å². The Balaban J connectivity index is 2.95. The average Bonchev–Trinajstić information content (AvgIpc) is 1.85. The number of hydrogen-bond donors (Lipinski definition) is 1. The summed E-state index contributed by atoms with van der Waals surface area (Å²) in [6.45, 7) is 3.22. The van der Waals surface area contributed by atoms with Crippen LogP contribution in [0, 0.1) is 5.92 Å². The summed E-state index contributed by atoms with van der Waals surface area (Å²) >= 11 is 0. The van der Waals surface area contributed by atoms with Crippen molar-refractivity contribution in [1.82, 2.24) is 0 Å². The van der Waals surface area contributed by atoms with E-state index < -0.39 is 0 Å². The molecule has 0 saturated heterocycles. The Morgan fingerprint density at radius 2 is 2.11 bits per heavy atom. The van der Waals surface area contributed by atoms with Crippen LogP contribution in [0.25, 0.3) is 0 Å². The summed E-state index contributed by atoms with van der Waals surface area (Å²) < 4.78 is 4.88. The lowest BCUT2D eigenvalue weighted by molar-refractivity contribution is 0.169. The molecule has 0 aliphatic rings. The normalized spacial score (nSPS) is 13.7. The molecule has 0 rings (SSSR count). The maximum Gasteiger partial charge on any atom is 0.0464 e. The summed E-state index contributed by atoms with van der Waals surface area (Å²) in [5.41, 5.74) is 0. The molecule has 2 heteroatoms. The summed E-state index contributed by atoms with van der Waals surface area (Å²) in [6.07, 6.45) is 1.94. The third-order valence-electron chi connectivity index (χ3n) is 1.44. The second kappa shape index (κ2) is 6.05. The number of ether oxygens (including phenoxy) is 1. The van der Waals surface area contributed by atoms with Crippen LogP contribution < -0.4 is 0 Å². The first-order valence-electron chi connectivity index (χ1n) is 3.41. The molecule has 0 heterocycles. The van der Waals surface area contributed by atoms with Crippen molar-refractivity contribution in [2.75, 3.05) is 20.3 Å². The molecule has 0 bridgehead atoms. The van der Waals surface area contributed by atoms with E-state index in [-0.39, 0.29) is 0 Å². The molecule has 0 aliphatic carbocycles. The molecule has 2 nitrogen and oxygen atoms in total. The Kier molecular flexibility index (Phi) is 5.99. The minimum absolute atomic E-state index is 0.297. The van der Waals surface area contributed by atoms with Gasteiger partial charge in [0.1, 0.15) is 0 Å². The van der Waals surface area contributed by atoms with Crippen molar-refractivity contribution < 1.29 is 9.84 Å². The van der Waals surface area contributed by atoms with Crippen molar-refractivity contribution in [3.8, 4) is 0 Å². The van der Waals surface area contributed by atoms with Crippen LogP contribution in [0.2, 0.25) is 0 Å². The first-order valence-corrected chi connectivity index (χ1v) is 3.41. The summed E-state index contributed by atoms with van der Waals surface area (Å²) in [5.74, 6) is 0.593. The van der Waals surface area contributed by atoms with Gasteiger partial charge in [-0.2, -0.15) is 0 Å². The molecule has 0 saturated carbocycles. The van der Waals surface area contributed by atoms with Gasteiger partial charge in [-0.1, -0.05) is 6.92 Å². The molecular formula is C7H16O2. The van der Waals surface area contributed by atoms with Crippen LogP contribution in [0.4, 0.5) is 0 Å². The molecule has 1 N–H and O–H groups in total. The zero-order valence-electron chi connectivity index (χ0n) is 6.26. The van der Waals surface area contributed by atoms with E-state index >= 15 is 0 Å². The van der Waals surface area contributed by atoms with E-state index in [9.17, 15) is 0 Å². The van der Waals surface area contributed by atoms with Crippen molar-refractivity contribution in [3.05, 3.63) is 0 Å². The Hall–Kier alpha value is -0.0800. The third-order valence-corrected chi connectivity index (χ3v) is 1.44. The molecule has 0 aromatic heterocycles. The van der Waals surface area contributed by atoms with Gasteiger partial charge in [-0.25, -0.2) is 0 Å². The Morgan fingerprint density at radius 3 is 2.56 bits per heavy atom. The van der Waals surface area contributed by atoms with Gasteiger partial charge < -0.3 is 9.84 Å². The summed E-state index contributed by atoms with van der Waals surface area (Å²) in [5, 5.41) is 8.50. The molecule has 0 spiro atoms. The predicted molar refractivity (Wildman–Crippen MR) is 37.4 cm³/mol. The average molecular weight is 132 g/mol. The Labute approximate surface area is 56.8 Å². The maximum atomic E-state index is 8.50. The molecule has 1 atom stereocenters. The highest BCUT2D eigenvalue weighted by atomic mass is 16.5. The van der Waals surface area contributed by atoms with E-state index in [1.807, 2.05) is 0 Å². The molecule has 0 aromatic carbocycles. The van der Waals surface area contributed by atoms with E-state index in [4.69, 9.17) is 9.84 Å². The summed E-state index contributed by atoms with van der Waals surface area (Å²) in [7, 11) is 1.70. The quantitative estimate of drug-likeness (QED) is 0.605. The predicted octanol–water partition coefficient (Wildman–Crippen LogP) is 1.04. The molecule has 9 heavy (non-hydrogen) atoms. The lowest BCUT2D eigenvalue weighted by atomic mass is 10.1.